The molecule has 4 heterocycles. The standard InChI is InChI=1S/C17H20N4O3/c1-20-8-2-4-14(20)15(22)21-9-5-17(12-21)10-13(11-23-17)24-16-18-6-3-7-19-16/h2-4,6-8,13H,5,9-12H2,1H3. The number of carbonyl (C=O) groups is 1. The molecule has 4 rings (SSSR count). The first-order valence-corrected chi connectivity index (χ1v) is 8.13. The molecule has 0 aromatic carbocycles. The van der Waals surface area contributed by atoms with E-state index in [-0.39, 0.29) is 17.6 Å². The molecule has 2 aliphatic rings. The number of hydrogen-bond acceptors (Lipinski definition) is 5. The lowest BCUT2D eigenvalue weighted by atomic mass is 9.98. The lowest BCUT2D eigenvalue weighted by Gasteiger charge is -2.23. The molecule has 0 bridgehead atoms. The van der Waals surface area contributed by atoms with Gasteiger partial charge in [0.2, 0.25) is 0 Å². The van der Waals surface area contributed by atoms with Crippen molar-refractivity contribution in [1.29, 1.82) is 0 Å². The summed E-state index contributed by atoms with van der Waals surface area (Å²) in [6.07, 6.45) is 6.71. The van der Waals surface area contributed by atoms with E-state index in [1.54, 1.807) is 18.5 Å². The Balaban J connectivity index is 1.40. The summed E-state index contributed by atoms with van der Waals surface area (Å²) < 4.78 is 13.7. The van der Waals surface area contributed by atoms with Crippen LogP contribution in [0.3, 0.4) is 0 Å². The van der Waals surface area contributed by atoms with Gasteiger partial charge < -0.3 is 18.9 Å². The number of rotatable bonds is 3. The van der Waals surface area contributed by atoms with Crippen molar-refractivity contribution >= 4 is 5.91 Å². The number of likely N-dealkylation sites (tertiary alicyclic amines) is 1. The molecular formula is C17H20N4O3. The van der Waals surface area contributed by atoms with Crippen molar-refractivity contribution in [2.24, 2.45) is 7.05 Å². The van der Waals surface area contributed by atoms with Gasteiger partial charge in [-0.2, -0.15) is 0 Å². The third kappa shape index (κ3) is 2.75. The van der Waals surface area contributed by atoms with Gasteiger partial charge in [0.25, 0.3) is 5.91 Å². The van der Waals surface area contributed by atoms with Gasteiger partial charge in [-0.1, -0.05) is 0 Å². The fraction of sp³-hybridized carbons (Fsp3) is 0.471. The van der Waals surface area contributed by atoms with Gasteiger partial charge in [-0.3, -0.25) is 4.79 Å². The molecular weight excluding hydrogens is 308 g/mol. The number of amides is 1. The van der Waals surface area contributed by atoms with Gasteiger partial charge in [0.05, 0.1) is 18.8 Å². The maximum Gasteiger partial charge on any atom is 0.316 e. The number of nitrogens with zero attached hydrogens (tertiary/aromatic N) is 4. The van der Waals surface area contributed by atoms with E-state index < -0.39 is 0 Å². The largest absolute Gasteiger partial charge is 0.458 e. The van der Waals surface area contributed by atoms with Crippen LogP contribution in [0, 0.1) is 0 Å². The number of ether oxygens (including phenoxy) is 2. The van der Waals surface area contributed by atoms with Gasteiger partial charge >= 0.3 is 6.01 Å². The fourth-order valence-corrected chi connectivity index (χ4v) is 3.52. The predicted molar refractivity (Wildman–Crippen MR) is 85.7 cm³/mol. The average molecular weight is 328 g/mol. The molecule has 2 atom stereocenters. The third-order valence-electron chi connectivity index (χ3n) is 4.76. The summed E-state index contributed by atoms with van der Waals surface area (Å²) in [6, 6.07) is 5.86. The van der Waals surface area contributed by atoms with Crippen LogP contribution in [-0.4, -0.2) is 56.7 Å². The second-order valence-corrected chi connectivity index (χ2v) is 6.45. The molecule has 2 aromatic rings. The highest BCUT2D eigenvalue weighted by atomic mass is 16.6. The molecule has 2 fully saturated rings. The second kappa shape index (κ2) is 5.90. The van der Waals surface area contributed by atoms with Crippen LogP contribution in [0.4, 0.5) is 0 Å². The zero-order valence-corrected chi connectivity index (χ0v) is 13.6. The minimum absolute atomic E-state index is 0.0544. The molecule has 7 heteroatoms. The number of carbonyl (C=O) groups excluding carboxylic acids is 1. The van der Waals surface area contributed by atoms with E-state index in [1.807, 2.05) is 34.8 Å². The van der Waals surface area contributed by atoms with Crippen molar-refractivity contribution in [2.75, 3.05) is 19.7 Å². The van der Waals surface area contributed by atoms with Gasteiger partial charge in [0.1, 0.15) is 11.8 Å². The van der Waals surface area contributed by atoms with Crippen LogP contribution >= 0.6 is 0 Å². The zero-order valence-electron chi connectivity index (χ0n) is 13.6. The lowest BCUT2D eigenvalue weighted by Crippen LogP contribution is -2.36. The smallest absolute Gasteiger partial charge is 0.316 e. The number of hydrogen-bond donors (Lipinski definition) is 0. The van der Waals surface area contributed by atoms with Crippen LogP contribution in [0.2, 0.25) is 0 Å². The van der Waals surface area contributed by atoms with Crippen LogP contribution in [-0.2, 0) is 11.8 Å². The topological polar surface area (TPSA) is 69.5 Å². The predicted octanol–water partition coefficient (Wildman–Crippen LogP) is 1.27. The van der Waals surface area contributed by atoms with Crippen LogP contribution in [0.15, 0.2) is 36.8 Å². The summed E-state index contributed by atoms with van der Waals surface area (Å²) in [4.78, 5) is 22.7. The average Bonchev–Trinajstić information content (AvgIpc) is 3.30. The number of aromatic nitrogens is 3. The molecule has 2 unspecified atom stereocenters. The van der Waals surface area contributed by atoms with E-state index in [0.29, 0.717) is 31.4 Å². The van der Waals surface area contributed by atoms with E-state index in [4.69, 9.17) is 9.47 Å². The molecule has 0 radical (unpaired) electrons. The Kier molecular flexibility index (Phi) is 3.72. The minimum atomic E-state index is -0.305. The highest BCUT2D eigenvalue weighted by molar-refractivity contribution is 5.93. The van der Waals surface area contributed by atoms with E-state index in [2.05, 4.69) is 9.97 Å². The Morgan fingerprint density at radius 1 is 1.38 bits per heavy atom. The van der Waals surface area contributed by atoms with Crippen LogP contribution in [0.1, 0.15) is 23.3 Å². The monoisotopic (exact) mass is 328 g/mol. The normalized spacial score (nSPS) is 26.2. The zero-order chi connectivity index (χ0) is 16.6. The van der Waals surface area contributed by atoms with Crippen molar-refractivity contribution in [3.63, 3.8) is 0 Å². The van der Waals surface area contributed by atoms with Crippen molar-refractivity contribution in [3.8, 4) is 6.01 Å². The molecule has 0 N–H and O–H groups in total. The fourth-order valence-electron chi connectivity index (χ4n) is 3.52. The number of aryl methyl sites for hydroxylation is 1. The molecule has 1 amide bonds. The Labute approximate surface area is 140 Å². The first-order chi connectivity index (χ1) is 11.7. The van der Waals surface area contributed by atoms with Gasteiger partial charge in [-0.05, 0) is 24.6 Å². The highest BCUT2D eigenvalue weighted by Crippen LogP contribution is 2.36. The maximum absolute atomic E-state index is 12.6. The maximum atomic E-state index is 12.6. The molecule has 0 saturated carbocycles. The lowest BCUT2D eigenvalue weighted by molar-refractivity contribution is 0.00964. The molecule has 7 nitrogen and oxygen atoms in total. The minimum Gasteiger partial charge on any atom is -0.458 e. The molecule has 24 heavy (non-hydrogen) atoms. The summed E-state index contributed by atoms with van der Waals surface area (Å²) in [6.45, 7) is 1.82. The molecule has 1 spiro atoms. The first-order valence-electron chi connectivity index (χ1n) is 8.13. The van der Waals surface area contributed by atoms with Crippen LogP contribution in [0.5, 0.6) is 6.01 Å². The molecule has 2 aromatic heterocycles. The SMILES string of the molecule is Cn1cccc1C(=O)N1CCC2(CC(Oc3ncccn3)CO2)C1. The summed E-state index contributed by atoms with van der Waals surface area (Å²) in [5.74, 6) is 0.0544. The van der Waals surface area contributed by atoms with Crippen LogP contribution in [0.25, 0.3) is 0 Å². The van der Waals surface area contributed by atoms with E-state index in [9.17, 15) is 4.79 Å². The Morgan fingerprint density at radius 2 is 2.21 bits per heavy atom. The van der Waals surface area contributed by atoms with Crippen molar-refractivity contribution in [1.82, 2.24) is 19.4 Å². The van der Waals surface area contributed by atoms with Crippen LogP contribution < -0.4 is 4.74 Å². The summed E-state index contributed by atoms with van der Waals surface area (Å²) in [5.41, 5.74) is 0.399. The van der Waals surface area contributed by atoms with E-state index >= 15 is 0 Å². The summed E-state index contributed by atoms with van der Waals surface area (Å²) in [5, 5.41) is 0. The van der Waals surface area contributed by atoms with Crippen molar-refractivity contribution in [3.05, 3.63) is 42.5 Å². The Bertz CT molecular complexity index is 732. The second-order valence-electron chi connectivity index (χ2n) is 6.45. The molecule has 0 aliphatic carbocycles. The van der Waals surface area contributed by atoms with Gasteiger partial charge in [0.15, 0.2) is 0 Å². The molecule has 2 saturated heterocycles. The van der Waals surface area contributed by atoms with E-state index in [0.717, 1.165) is 12.8 Å². The van der Waals surface area contributed by atoms with Crippen molar-refractivity contribution in [2.45, 2.75) is 24.5 Å². The van der Waals surface area contributed by atoms with E-state index in [1.165, 1.54) is 0 Å². The molecule has 2 aliphatic heterocycles. The quantitative estimate of drug-likeness (QED) is 0.849. The Morgan fingerprint density at radius 3 is 2.96 bits per heavy atom. The van der Waals surface area contributed by atoms with Gasteiger partial charge in [-0.25, -0.2) is 9.97 Å². The summed E-state index contributed by atoms with van der Waals surface area (Å²) in [7, 11) is 1.88. The first kappa shape index (κ1) is 15.1. The van der Waals surface area contributed by atoms with Gasteiger partial charge in [-0.15, -0.1) is 0 Å². The Hall–Kier alpha value is -2.41. The van der Waals surface area contributed by atoms with Crippen molar-refractivity contribution < 1.29 is 14.3 Å². The third-order valence-corrected chi connectivity index (χ3v) is 4.76. The molecule has 126 valence electrons. The summed E-state index contributed by atoms with van der Waals surface area (Å²) >= 11 is 0. The van der Waals surface area contributed by atoms with Gasteiger partial charge in [0, 0.05) is 38.6 Å². The highest BCUT2D eigenvalue weighted by Gasteiger charge is 2.48.